The van der Waals surface area contributed by atoms with Crippen LogP contribution < -0.4 is 0 Å². The topological polar surface area (TPSA) is 126 Å². The van der Waals surface area contributed by atoms with Crippen LogP contribution in [0, 0.1) is 0 Å². The first-order chi connectivity index (χ1) is 4.15. The lowest BCUT2D eigenvalue weighted by Crippen LogP contribution is -2.20. The lowest BCUT2D eigenvalue weighted by atomic mass is 11.8. The molecule has 0 amide bonds. The van der Waals surface area contributed by atoms with Crippen LogP contribution in [0.15, 0.2) is 0 Å². The van der Waals surface area contributed by atoms with Crippen LogP contribution >= 0.6 is 0 Å². The summed E-state index contributed by atoms with van der Waals surface area (Å²) in [4.78, 5) is 9.81. The van der Waals surface area contributed by atoms with Crippen molar-refractivity contribution in [1.29, 1.82) is 0 Å². The molecule has 0 aromatic rings. The van der Waals surface area contributed by atoms with Gasteiger partial charge in [-0.3, -0.25) is 13.9 Å². The van der Waals surface area contributed by atoms with Gasteiger partial charge in [-0.2, -0.15) is 16.8 Å². The van der Waals surface area contributed by atoms with E-state index in [2.05, 4.69) is 0 Å². The molecule has 0 bridgehead atoms. The average Bonchev–Trinajstić information content (AvgIpc) is 1.59. The van der Waals surface area contributed by atoms with Crippen molar-refractivity contribution >= 4 is 24.7 Å². The Labute approximate surface area is 56.2 Å². The van der Waals surface area contributed by atoms with E-state index in [4.69, 9.17) is 9.11 Å². The summed E-state index contributed by atoms with van der Waals surface area (Å²) in [5.41, 5.74) is 0. The van der Waals surface area contributed by atoms with Gasteiger partial charge in [0.25, 0.3) is 0 Å². The zero-order chi connectivity index (χ0) is 8.58. The van der Waals surface area contributed by atoms with Crippen LogP contribution in [0.25, 0.3) is 0 Å². The van der Waals surface area contributed by atoms with E-state index in [-0.39, 0.29) is 0 Å². The van der Waals surface area contributed by atoms with Gasteiger partial charge in [-0.1, -0.05) is 0 Å². The van der Waals surface area contributed by atoms with E-state index in [0.717, 1.165) is 0 Å². The summed E-state index contributed by atoms with van der Waals surface area (Å²) in [6, 6.07) is 0. The maximum absolute atomic E-state index is 9.81. The van der Waals surface area contributed by atoms with E-state index in [1.807, 2.05) is 0 Å². The number of carbonyl (C=O) groups is 1. The molecule has 0 unspecified atom stereocenters. The summed E-state index contributed by atoms with van der Waals surface area (Å²) in [5.74, 6) is 0. The molecule has 0 heterocycles. The molecule has 0 aliphatic carbocycles. The molecule has 9 heteroatoms. The number of hydrogen-bond acceptors (Lipinski definition) is 5. The molecule has 0 rings (SSSR count). The van der Waals surface area contributed by atoms with E-state index >= 15 is 0 Å². The number of hydrogen-bond donors (Lipinski definition) is 2. The SMILES string of the molecule is O=C(S(=O)(=O)O)S(=O)(=O)O. The summed E-state index contributed by atoms with van der Waals surface area (Å²) >= 11 is 0. The van der Waals surface area contributed by atoms with Gasteiger partial charge in [-0.15, -0.1) is 0 Å². The van der Waals surface area contributed by atoms with Gasteiger partial charge in [-0.25, -0.2) is 0 Å². The Kier molecular flexibility index (Phi) is 2.15. The fraction of sp³-hybridized carbons (Fsp3) is 0. The Morgan fingerprint density at radius 2 is 1.10 bits per heavy atom. The molecule has 60 valence electrons. The third kappa shape index (κ3) is 2.39. The first-order valence-electron chi connectivity index (χ1n) is 1.64. The molecule has 7 nitrogen and oxygen atoms in total. The molecular formula is CH2O7S2. The van der Waals surface area contributed by atoms with Gasteiger partial charge in [-0.05, 0) is 0 Å². The molecular weight excluding hydrogens is 188 g/mol. The van der Waals surface area contributed by atoms with Gasteiger partial charge in [0.15, 0.2) is 0 Å². The zero-order valence-corrected chi connectivity index (χ0v) is 5.89. The summed E-state index contributed by atoms with van der Waals surface area (Å²) in [7, 11) is -10.7. The van der Waals surface area contributed by atoms with E-state index in [1.54, 1.807) is 0 Å². The molecule has 2 N–H and O–H groups in total. The molecule has 0 radical (unpaired) electrons. The quantitative estimate of drug-likeness (QED) is 0.463. The summed E-state index contributed by atoms with van der Waals surface area (Å²) < 4.78 is 51.4. The fourth-order valence-electron chi connectivity index (χ4n) is 0.133. The normalized spacial score (nSPS) is 13.0. The molecule has 0 atom stereocenters. The second kappa shape index (κ2) is 2.27. The Balaban J connectivity index is 5.16. The third-order valence-electron chi connectivity index (χ3n) is 0.421. The van der Waals surface area contributed by atoms with Gasteiger partial charge in [0.2, 0.25) is 0 Å². The predicted molar refractivity (Wildman–Crippen MR) is 28.5 cm³/mol. The molecule has 0 aliphatic rings. The van der Waals surface area contributed by atoms with Crippen LogP contribution in [0.2, 0.25) is 0 Å². The van der Waals surface area contributed by atoms with Gasteiger partial charge in [0, 0.05) is 0 Å². The van der Waals surface area contributed by atoms with Gasteiger partial charge < -0.3 is 0 Å². The van der Waals surface area contributed by atoms with Crippen molar-refractivity contribution in [1.82, 2.24) is 0 Å². The van der Waals surface area contributed by atoms with E-state index < -0.39 is 24.7 Å². The Bertz CT molecular complexity index is 294. The lowest BCUT2D eigenvalue weighted by molar-refractivity contribution is 0.268. The van der Waals surface area contributed by atoms with Crippen LogP contribution in [-0.4, -0.2) is 30.4 Å². The first kappa shape index (κ1) is 9.49. The Morgan fingerprint density at radius 3 is 1.10 bits per heavy atom. The maximum Gasteiger partial charge on any atom is 0.412 e. The Hall–Kier alpha value is -0.510. The van der Waals surface area contributed by atoms with E-state index in [9.17, 15) is 21.6 Å². The van der Waals surface area contributed by atoms with Crippen molar-refractivity contribution in [3.63, 3.8) is 0 Å². The van der Waals surface area contributed by atoms with Crippen molar-refractivity contribution in [3.05, 3.63) is 0 Å². The summed E-state index contributed by atoms with van der Waals surface area (Å²) in [6.07, 6.45) is 0. The predicted octanol–water partition coefficient (Wildman–Crippen LogP) is -1.12. The van der Waals surface area contributed by atoms with Crippen LogP contribution in [0.5, 0.6) is 0 Å². The lowest BCUT2D eigenvalue weighted by Gasteiger charge is -1.88. The van der Waals surface area contributed by atoms with Crippen molar-refractivity contribution < 1.29 is 30.7 Å². The minimum atomic E-state index is -5.34. The fourth-order valence-corrected chi connectivity index (χ4v) is 1.20. The number of carbonyl (C=O) groups excluding carboxylic acids is 1. The highest BCUT2D eigenvalue weighted by Crippen LogP contribution is 1.95. The van der Waals surface area contributed by atoms with Crippen LogP contribution in [-0.2, 0) is 20.2 Å². The standard InChI is InChI=1S/CH2O7S2/c2-1(9(3,4)5)10(6,7)8/h(H,3,4,5)(H,6,7,8). The smallest absolute Gasteiger partial charge is 0.279 e. The zero-order valence-electron chi connectivity index (χ0n) is 4.25. The molecule has 0 saturated heterocycles. The van der Waals surface area contributed by atoms with Crippen molar-refractivity contribution in [3.8, 4) is 0 Å². The van der Waals surface area contributed by atoms with Crippen molar-refractivity contribution in [2.75, 3.05) is 0 Å². The van der Waals surface area contributed by atoms with Crippen LogP contribution in [0.1, 0.15) is 0 Å². The van der Waals surface area contributed by atoms with E-state index in [0.29, 0.717) is 0 Å². The second-order valence-electron chi connectivity index (χ2n) is 1.20. The van der Waals surface area contributed by atoms with E-state index in [1.165, 1.54) is 0 Å². The third-order valence-corrected chi connectivity index (χ3v) is 2.53. The first-order valence-corrected chi connectivity index (χ1v) is 4.52. The van der Waals surface area contributed by atoms with Crippen LogP contribution in [0.4, 0.5) is 4.79 Å². The summed E-state index contributed by atoms with van der Waals surface area (Å²) in [5, 5.41) is 0. The molecule has 0 spiro atoms. The monoisotopic (exact) mass is 190 g/mol. The molecule has 0 aliphatic heterocycles. The number of rotatable bonds is 0. The molecule has 0 fully saturated rings. The maximum atomic E-state index is 9.81. The highest BCUT2D eigenvalue weighted by atomic mass is 32.3. The average molecular weight is 190 g/mol. The minimum Gasteiger partial charge on any atom is -0.279 e. The van der Waals surface area contributed by atoms with Gasteiger partial charge in [0.1, 0.15) is 0 Å². The Morgan fingerprint density at radius 1 is 0.900 bits per heavy atom. The summed E-state index contributed by atoms with van der Waals surface area (Å²) in [6.45, 7) is 0. The van der Waals surface area contributed by atoms with Gasteiger partial charge in [0.05, 0.1) is 0 Å². The highest BCUT2D eigenvalue weighted by Gasteiger charge is 2.31. The highest BCUT2D eigenvalue weighted by molar-refractivity contribution is 8.26. The van der Waals surface area contributed by atoms with Crippen LogP contribution in [0.3, 0.4) is 0 Å². The van der Waals surface area contributed by atoms with Crippen molar-refractivity contribution in [2.24, 2.45) is 0 Å². The van der Waals surface area contributed by atoms with Crippen molar-refractivity contribution in [2.45, 2.75) is 0 Å². The largest absolute Gasteiger partial charge is 0.412 e. The van der Waals surface area contributed by atoms with Gasteiger partial charge >= 0.3 is 24.7 Å². The molecule has 0 saturated carbocycles. The molecule has 0 aromatic heterocycles. The molecule has 0 aromatic carbocycles. The second-order valence-corrected chi connectivity index (χ2v) is 4.10. The molecule has 10 heavy (non-hydrogen) atoms. The minimum absolute atomic E-state index is 2.62.